The van der Waals surface area contributed by atoms with Crippen molar-refractivity contribution in [3.8, 4) is 0 Å². The molecule has 2 aliphatic carbocycles. The highest BCUT2D eigenvalue weighted by Gasteiger charge is 2.44. The van der Waals surface area contributed by atoms with E-state index in [-0.39, 0.29) is 6.29 Å². The quantitative estimate of drug-likeness (QED) is 0.825. The van der Waals surface area contributed by atoms with E-state index in [9.17, 15) is 0 Å². The van der Waals surface area contributed by atoms with Crippen molar-refractivity contribution in [2.75, 3.05) is 35.8 Å². The van der Waals surface area contributed by atoms with Crippen molar-refractivity contribution in [2.45, 2.75) is 57.8 Å². The van der Waals surface area contributed by atoms with Gasteiger partial charge in [-0.2, -0.15) is 0 Å². The fourth-order valence-corrected chi connectivity index (χ4v) is 5.25. The first-order valence-electron chi connectivity index (χ1n) is 9.38. The zero-order chi connectivity index (χ0) is 17.9. The molecule has 0 aromatic carbocycles. The van der Waals surface area contributed by atoms with Gasteiger partial charge in [-0.3, -0.25) is 9.74 Å². The van der Waals surface area contributed by atoms with E-state index in [4.69, 9.17) is 21.7 Å². The molecule has 4 atom stereocenters. The lowest BCUT2D eigenvalue weighted by Gasteiger charge is -2.37. The van der Waals surface area contributed by atoms with Crippen LogP contribution in [0.4, 0.5) is 17.3 Å². The molecule has 0 spiro atoms. The molecule has 1 aliphatic heterocycles. The highest BCUT2D eigenvalue weighted by Crippen LogP contribution is 2.53. The summed E-state index contributed by atoms with van der Waals surface area (Å²) in [6.45, 7) is 4.41. The summed E-state index contributed by atoms with van der Waals surface area (Å²) in [6, 6.07) is 0.426. The highest BCUT2D eigenvalue weighted by atomic mass is 35.5. The average molecular weight is 365 g/mol. The van der Waals surface area contributed by atoms with Gasteiger partial charge in [-0.15, -0.1) is 0 Å². The maximum Gasteiger partial charge on any atom is 0.170 e. The van der Waals surface area contributed by atoms with Crippen molar-refractivity contribution in [1.82, 2.24) is 14.9 Å². The van der Waals surface area contributed by atoms with Crippen molar-refractivity contribution >= 4 is 29.1 Å². The predicted molar refractivity (Wildman–Crippen MR) is 103 cm³/mol. The molecule has 1 N–H and O–H groups in total. The molecule has 0 saturated heterocycles. The SMILES string of the molecule is CC(C)N(C)C1N(C)c2nc(C3CC4CCC3C4)nc(NCl)c2N1C. The standard InChI is InChI=1S/C18H29ClN6/c1-10(2)23(3)18-24(4)14-16(22-19)20-15(21-17(14)25(18)5)13-9-11-6-7-12(13)8-11/h10-13,18H,6-9H2,1-5H3,(H,20,21,22). The van der Waals surface area contributed by atoms with Gasteiger partial charge in [0.1, 0.15) is 11.5 Å². The van der Waals surface area contributed by atoms with Gasteiger partial charge in [0.25, 0.3) is 0 Å². The van der Waals surface area contributed by atoms with Crippen molar-refractivity contribution in [3.63, 3.8) is 0 Å². The van der Waals surface area contributed by atoms with E-state index < -0.39 is 0 Å². The van der Waals surface area contributed by atoms with Crippen LogP contribution in [0.2, 0.25) is 0 Å². The lowest BCUT2D eigenvalue weighted by molar-refractivity contribution is 0.198. The third kappa shape index (κ3) is 2.56. The number of hydrogen-bond acceptors (Lipinski definition) is 6. The Morgan fingerprint density at radius 3 is 2.48 bits per heavy atom. The molecule has 4 rings (SSSR count). The van der Waals surface area contributed by atoms with E-state index in [0.717, 1.165) is 35.0 Å². The summed E-state index contributed by atoms with van der Waals surface area (Å²) in [5.74, 6) is 4.81. The van der Waals surface area contributed by atoms with Crippen LogP contribution in [-0.4, -0.2) is 48.3 Å². The Hall–Kier alpha value is -1.27. The summed E-state index contributed by atoms with van der Waals surface area (Å²) in [4.78, 5) is 19.5. The van der Waals surface area contributed by atoms with Crippen LogP contribution in [-0.2, 0) is 0 Å². The van der Waals surface area contributed by atoms with E-state index in [1.807, 2.05) is 0 Å². The molecular formula is C18H29ClN6. The molecule has 2 heterocycles. The average Bonchev–Trinajstić information content (AvgIpc) is 3.28. The summed E-state index contributed by atoms with van der Waals surface area (Å²) < 4.78 is 0. The zero-order valence-electron chi connectivity index (χ0n) is 15.8. The van der Waals surface area contributed by atoms with Crippen molar-refractivity contribution in [1.29, 1.82) is 0 Å². The number of rotatable bonds is 4. The van der Waals surface area contributed by atoms with Gasteiger partial charge in [0.05, 0.1) is 0 Å². The molecule has 2 fully saturated rings. The number of nitrogens with zero attached hydrogens (tertiary/aromatic N) is 5. The minimum atomic E-state index is 0.114. The second-order valence-electron chi connectivity index (χ2n) is 8.31. The Balaban J connectivity index is 1.73. The Kier molecular flexibility index (Phi) is 4.23. The summed E-state index contributed by atoms with van der Waals surface area (Å²) >= 11 is 6.07. The third-order valence-electron chi connectivity index (χ3n) is 6.60. The number of nitrogens with one attached hydrogen (secondary N) is 1. The molecule has 25 heavy (non-hydrogen) atoms. The molecule has 2 bridgehead atoms. The van der Waals surface area contributed by atoms with E-state index in [2.05, 4.69) is 54.5 Å². The third-order valence-corrected chi connectivity index (χ3v) is 6.78. The van der Waals surface area contributed by atoms with Crippen LogP contribution in [0, 0.1) is 11.8 Å². The predicted octanol–water partition coefficient (Wildman–Crippen LogP) is 3.46. The minimum Gasteiger partial charge on any atom is -0.336 e. The smallest absolute Gasteiger partial charge is 0.170 e. The Labute approximate surface area is 155 Å². The molecular weight excluding hydrogens is 336 g/mol. The van der Waals surface area contributed by atoms with Crippen LogP contribution >= 0.6 is 11.8 Å². The van der Waals surface area contributed by atoms with Crippen LogP contribution in [0.3, 0.4) is 0 Å². The number of anilines is 3. The van der Waals surface area contributed by atoms with E-state index in [1.165, 1.54) is 25.7 Å². The van der Waals surface area contributed by atoms with Crippen LogP contribution < -0.4 is 14.6 Å². The molecule has 7 heteroatoms. The van der Waals surface area contributed by atoms with Crippen molar-refractivity contribution < 1.29 is 0 Å². The second-order valence-corrected chi connectivity index (χ2v) is 8.49. The molecule has 1 aromatic rings. The lowest BCUT2D eigenvalue weighted by Crippen LogP contribution is -2.53. The summed E-state index contributed by atoms with van der Waals surface area (Å²) in [5, 5.41) is 0. The minimum absolute atomic E-state index is 0.114. The van der Waals surface area contributed by atoms with Crippen molar-refractivity contribution in [3.05, 3.63) is 5.82 Å². The van der Waals surface area contributed by atoms with Crippen LogP contribution in [0.25, 0.3) is 0 Å². The molecule has 2 saturated carbocycles. The van der Waals surface area contributed by atoms with E-state index >= 15 is 0 Å². The fraction of sp³-hybridized carbons (Fsp3) is 0.778. The molecule has 1 aromatic heterocycles. The van der Waals surface area contributed by atoms with Gasteiger partial charge in [-0.25, -0.2) is 9.97 Å². The number of halogens is 1. The largest absolute Gasteiger partial charge is 0.336 e. The van der Waals surface area contributed by atoms with Gasteiger partial charge in [-0.05, 0) is 52.0 Å². The van der Waals surface area contributed by atoms with Crippen LogP contribution in [0.1, 0.15) is 51.3 Å². The summed E-state index contributed by atoms with van der Waals surface area (Å²) in [7, 11) is 6.35. The van der Waals surface area contributed by atoms with Crippen molar-refractivity contribution in [2.24, 2.45) is 11.8 Å². The first-order valence-corrected chi connectivity index (χ1v) is 9.76. The van der Waals surface area contributed by atoms with Gasteiger partial charge in [0, 0.05) is 37.8 Å². The number of aromatic nitrogens is 2. The Bertz CT molecular complexity index is 665. The van der Waals surface area contributed by atoms with Gasteiger partial charge in [-0.1, -0.05) is 6.42 Å². The summed E-state index contributed by atoms with van der Waals surface area (Å²) in [5.41, 5.74) is 0.988. The fourth-order valence-electron chi connectivity index (χ4n) is 5.12. The van der Waals surface area contributed by atoms with Gasteiger partial charge in [0.15, 0.2) is 17.9 Å². The maximum absolute atomic E-state index is 6.07. The van der Waals surface area contributed by atoms with Crippen LogP contribution in [0.5, 0.6) is 0 Å². The van der Waals surface area contributed by atoms with E-state index in [0.29, 0.717) is 12.0 Å². The monoisotopic (exact) mass is 364 g/mol. The van der Waals surface area contributed by atoms with E-state index in [1.54, 1.807) is 0 Å². The normalized spacial score (nSPS) is 30.7. The van der Waals surface area contributed by atoms with Gasteiger partial charge < -0.3 is 9.80 Å². The Morgan fingerprint density at radius 2 is 1.92 bits per heavy atom. The topological polar surface area (TPSA) is 47.5 Å². The highest BCUT2D eigenvalue weighted by molar-refractivity contribution is 6.24. The number of fused-ring (bicyclic) bond motifs is 3. The van der Waals surface area contributed by atoms with Gasteiger partial charge >= 0.3 is 0 Å². The molecule has 138 valence electrons. The second kappa shape index (κ2) is 6.16. The Morgan fingerprint density at radius 1 is 1.16 bits per heavy atom. The molecule has 0 radical (unpaired) electrons. The first-order chi connectivity index (χ1) is 11.9. The molecule has 4 unspecified atom stereocenters. The van der Waals surface area contributed by atoms with Crippen LogP contribution in [0.15, 0.2) is 0 Å². The number of hydrogen-bond donors (Lipinski definition) is 1. The first kappa shape index (κ1) is 17.2. The van der Waals surface area contributed by atoms with Gasteiger partial charge in [0.2, 0.25) is 0 Å². The lowest BCUT2D eigenvalue weighted by atomic mass is 9.88. The maximum atomic E-state index is 6.07. The zero-order valence-corrected chi connectivity index (χ0v) is 16.6. The molecule has 0 amide bonds. The summed E-state index contributed by atoms with van der Waals surface area (Å²) in [6.07, 6.45) is 5.41. The molecule has 6 nitrogen and oxygen atoms in total. The molecule has 3 aliphatic rings.